The number of H-pyrrole nitrogens is 1. The zero-order valence-electron chi connectivity index (χ0n) is 13.3. The number of benzene rings is 1. The second-order valence-corrected chi connectivity index (χ2v) is 6.57. The maximum absolute atomic E-state index is 5.50. The summed E-state index contributed by atoms with van der Waals surface area (Å²) in [6.45, 7) is 8.62. The zero-order valence-corrected chi connectivity index (χ0v) is 13.3. The quantitative estimate of drug-likeness (QED) is 0.945. The first-order valence-corrected chi connectivity index (χ1v) is 8.44. The highest BCUT2D eigenvalue weighted by atomic mass is 16.5. The first-order chi connectivity index (χ1) is 10.8. The van der Waals surface area contributed by atoms with Crippen molar-refractivity contribution in [2.75, 3.05) is 32.8 Å². The van der Waals surface area contributed by atoms with E-state index >= 15 is 0 Å². The van der Waals surface area contributed by atoms with E-state index in [-0.39, 0.29) is 0 Å². The van der Waals surface area contributed by atoms with Crippen molar-refractivity contribution in [2.45, 2.75) is 32.0 Å². The summed E-state index contributed by atoms with van der Waals surface area (Å²) in [7, 11) is 0. The predicted molar refractivity (Wildman–Crippen MR) is 89.0 cm³/mol. The van der Waals surface area contributed by atoms with Gasteiger partial charge in [0.15, 0.2) is 0 Å². The largest absolute Gasteiger partial charge is 0.379 e. The van der Waals surface area contributed by atoms with E-state index < -0.39 is 0 Å². The van der Waals surface area contributed by atoms with Crippen molar-refractivity contribution in [1.82, 2.24) is 14.8 Å². The molecule has 2 fully saturated rings. The molecule has 0 aliphatic carbocycles. The number of morpholine rings is 1. The van der Waals surface area contributed by atoms with Gasteiger partial charge < -0.3 is 9.72 Å². The lowest BCUT2D eigenvalue weighted by molar-refractivity contribution is 0.00985. The van der Waals surface area contributed by atoms with E-state index in [4.69, 9.17) is 4.74 Å². The molecule has 2 aliphatic heterocycles. The standard InChI is InChI=1S/C18H25N3O/c1-14-18(20-9-11-22-12-10-20)6-8-21(14)13-15-3-2-4-17-16(15)5-7-19-17/h2-5,7,14,18-19H,6,8-13H2,1H3/t14-,18-/m1/s1. The van der Waals surface area contributed by atoms with Gasteiger partial charge in [-0.1, -0.05) is 12.1 Å². The Labute approximate surface area is 132 Å². The highest BCUT2D eigenvalue weighted by Gasteiger charge is 2.35. The minimum atomic E-state index is 0.618. The molecule has 4 nitrogen and oxygen atoms in total. The van der Waals surface area contributed by atoms with Crippen LogP contribution in [0.5, 0.6) is 0 Å². The number of hydrogen-bond acceptors (Lipinski definition) is 3. The van der Waals surface area contributed by atoms with E-state index in [1.54, 1.807) is 0 Å². The van der Waals surface area contributed by atoms with Crippen LogP contribution in [0.4, 0.5) is 0 Å². The second kappa shape index (κ2) is 6.03. The summed E-state index contributed by atoms with van der Waals surface area (Å²) in [4.78, 5) is 8.59. The number of ether oxygens (including phenoxy) is 1. The molecule has 4 rings (SSSR count). The molecule has 0 amide bonds. The van der Waals surface area contributed by atoms with Crippen LogP contribution in [0, 0.1) is 0 Å². The Balaban J connectivity index is 1.48. The normalized spacial score (nSPS) is 27.7. The van der Waals surface area contributed by atoms with Gasteiger partial charge in [-0.3, -0.25) is 9.80 Å². The third-order valence-electron chi connectivity index (χ3n) is 5.42. The third kappa shape index (κ3) is 2.56. The Kier molecular flexibility index (Phi) is 3.90. The molecule has 0 saturated carbocycles. The van der Waals surface area contributed by atoms with Crippen molar-refractivity contribution in [2.24, 2.45) is 0 Å². The summed E-state index contributed by atoms with van der Waals surface area (Å²) < 4.78 is 5.50. The Morgan fingerprint density at radius 1 is 1.18 bits per heavy atom. The fourth-order valence-corrected chi connectivity index (χ4v) is 4.11. The predicted octanol–water partition coefficient (Wildman–Crippen LogP) is 2.46. The topological polar surface area (TPSA) is 31.5 Å². The van der Waals surface area contributed by atoms with Gasteiger partial charge in [0.1, 0.15) is 0 Å². The third-order valence-corrected chi connectivity index (χ3v) is 5.42. The number of hydrogen-bond donors (Lipinski definition) is 1. The van der Waals surface area contributed by atoms with E-state index in [1.165, 1.54) is 29.4 Å². The molecule has 0 spiro atoms. The van der Waals surface area contributed by atoms with E-state index in [0.29, 0.717) is 12.1 Å². The molecule has 2 atom stereocenters. The Morgan fingerprint density at radius 2 is 2.05 bits per heavy atom. The van der Waals surface area contributed by atoms with Crippen LogP contribution in [0.3, 0.4) is 0 Å². The van der Waals surface area contributed by atoms with Gasteiger partial charge in [0.05, 0.1) is 13.2 Å². The van der Waals surface area contributed by atoms with Crippen molar-refractivity contribution in [3.05, 3.63) is 36.0 Å². The highest BCUT2D eigenvalue weighted by molar-refractivity contribution is 5.82. The summed E-state index contributed by atoms with van der Waals surface area (Å²) >= 11 is 0. The molecule has 1 N–H and O–H groups in total. The average Bonchev–Trinajstić information content (AvgIpc) is 3.16. The van der Waals surface area contributed by atoms with Crippen molar-refractivity contribution in [1.29, 1.82) is 0 Å². The van der Waals surface area contributed by atoms with Crippen LogP contribution in [-0.2, 0) is 11.3 Å². The minimum absolute atomic E-state index is 0.618. The maximum Gasteiger partial charge on any atom is 0.0594 e. The summed E-state index contributed by atoms with van der Waals surface area (Å²) in [6.07, 6.45) is 3.32. The van der Waals surface area contributed by atoms with Crippen molar-refractivity contribution in [3.63, 3.8) is 0 Å². The Bertz CT molecular complexity index is 632. The Morgan fingerprint density at radius 3 is 2.91 bits per heavy atom. The smallest absolute Gasteiger partial charge is 0.0594 e. The van der Waals surface area contributed by atoms with E-state index in [1.807, 2.05) is 6.20 Å². The number of nitrogens with zero attached hydrogens (tertiary/aromatic N) is 2. The van der Waals surface area contributed by atoms with Gasteiger partial charge in [-0.15, -0.1) is 0 Å². The lowest BCUT2D eigenvalue weighted by atomic mass is 10.1. The van der Waals surface area contributed by atoms with Crippen molar-refractivity contribution >= 4 is 10.9 Å². The SMILES string of the molecule is C[C@@H]1[C@H](N2CCOCC2)CCN1Cc1cccc2[nH]ccc12. The molecule has 118 valence electrons. The lowest BCUT2D eigenvalue weighted by Gasteiger charge is -2.36. The molecule has 0 radical (unpaired) electrons. The lowest BCUT2D eigenvalue weighted by Crippen LogP contribution is -2.48. The van der Waals surface area contributed by atoms with Gasteiger partial charge in [-0.25, -0.2) is 0 Å². The van der Waals surface area contributed by atoms with E-state index in [9.17, 15) is 0 Å². The average molecular weight is 299 g/mol. The molecule has 1 aromatic carbocycles. The number of aromatic amines is 1. The summed E-state index contributed by atoms with van der Waals surface area (Å²) in [5.74, 6) is 0. The molecule has 2 saturated heterocycles. The van der Waals surface area contributed by atoms with Gasteiger partial charge in [0.25, 0.3) is 0 Å². The van der Waals surface area contributed by atoms with Crippen LogP contribution in [-0.4, -0.2) is 59.7 Å². The summed E-state index contributed by atoms with van der Waals surface area (Å²) in [6, 6.07) is 10.1. The number of nitrogens with one attached hydrogen (secondary N) is 1. The second-order valence-electron chi connectivity index (χ2n) is 6.57. The minimum Gasteiger partial charge on any atom is -0.379 e. The van der Waals surface area contributed by atoms with E-state index in [0.717, 1.165) is 32.8 Å². The monoisotopic (exact) mass is 299 g/mol. The molecule has 3 heterocycles. The molecule has 0 bridgehead atoms. The van der Waals surface area contributed by atoms with Crippen LogP contribution >= 0.6 is 0 Å². The van der Waals surface area contributed by atoms with Gasteiger partial charge in [0.2, 0.25) is 0 Å². The molecule has 2 aromatic rings. The molecule has 2 aliphatic rings. The van der Waals surface area contributed by atoms with Crippen LogP contribution < -0.4 is 0 Å². The zero-order chi connectivity index (χ0) is 14.9. The van der Waals surface area contributed by atoms with Crippen molar-refractivity contribution < 1.29 is 4.74 Å². The summed E-state index contributed by atoms with van der Waals surface area (Å²) in [5.41, 5.74) is 2.68. The number of aromatic nitrogens is 1. The van der Waals surface area contributed by atoms with Gasteiger partial charge >= 0.3 is 0 Å². The molecule has 0 unspecified atom stereocenters. The van der Waals surface area contributed by atoms with Crippen LogP contribution in [0.15, 0.2) is 30.5 Å². The number of fused-ring (bicyclic) bond motifs is 1. The molecule has 1 aromatic heterocycles. The first-order valence-electron chi connectivity index (χ1n) is 8.44. The van der Waals surface area contributed by atoms with Gasteiger partial charge in [-0.05, 0) is 31.0 Å². The summed E-state index contributed by atoms with van der Waals surface area (Å²) in [5, 5.41) is 1.37. The molecule has 4 heteroatoms. The maximum atomic E-state index is 5.50. The number of rotatable bonds is 3. The molecular weight excluding hydrogens is 274 g/mol. The van der Waals surface area contributed by atoms with Crippen LogP contribution in [0.1, 0.15) is 18.9 Å². The van der Waals surface area contributed by atoms with Gasteiger partial charge in [-0.2, -0.15) is 0 Å². The first kappa shape index (κ1) is 14.2. The number of likely N-dealkylation sites (tertiary alicyclic amines) is 1. The highest BCUT2D eigenvalue weighted by Crippen LogP contribution is 2.27. The molecular formula is C18H25N3O. The van der Waals surface area contributed by atoms with Gasteiger partial charge in [0, 0.05) is 55.4 Å². The Hall–Kier alpha value is -1.36. The fraction of sp³-hybridized carbons (Fsp3) is 0.556. The fourth-order valence-electron chi connectivity index (χ4n) is 4.11. The molecule has 22 heavy (non-hydrogen) atoms. The van der Waals surface area contributed by atoms with Crippen molar-refractivity contribution in [3.8, 4) is 0 Å². The van der Waals surface area contributed by atoms with Crippen LogP contribution in [0.2, 0.25) is 0 Å². The van der Waals surface area contributed by atoms with Crippen LogP contribution in [0.25, 0.3) is 10.9 Å². The van der Waals surface area contributed by atoms with E-state index in [2.05, 4.69) is 46.0 Å².